The molecule has 0 aromatic heterocycles. The summed E-state index contributed by atoms with van der Waals surface area (Å²) in [7, 11) is -2.72. The molecule has 208 valence electrons. The van der Waals surface area contributed by atoms with Crippen molar-refractivity contribution >= 4 is 27.5 Å². The van der Waals surface area contributed by atoms with Crippen molar-refractivity contribution in [1.82, 2.24) is 10.2 Å². The van der Waals surface area contributed by atoms with Gasteiger partial charge >= 0.3 is 0 Å². The molecule has 9 heteroatoms. The fraction of sp³-hybridized carbons (Fsp3) is 0.333. The number of methoxy groups -OCH3 is 1. The van der Waals surface area contributed by atoms with Gasteiger partial charge in [-0.25, -0.2) is 8.42 Å². The fourth-order valence-electron chi connectivity index (χ4n) is 4.37. The Labute approximate surface area is 231 Å². The molecule has 0 aliphatic heterocycles. The molecule has 0 saturated heterocycles. The number of carbonyl (C=O) groups excluding carboxylic acids is 2. The van der Waals surface area contributed by atoms with Crippen LogP contribution in [0.5, 0.6) is 5.75 Å². The van der Waals surface area contributed by atoms with Gasteiger partial charge in [-0.3, -0.25) is 13.9 Å². The minimum atomic E-state index is -4.17. The van der Waals surface area contributed by atoms with Crippen molar-refractivity contribution in [2.24, 2.45) is 0 Å². The summed E-state index contributed by atoms with van der Waals surface area (Å²) in [5, 5.41) is 2.81. The lowest BCUT2D eigenvalue weighted by molar-refractivity contribution is -0.140. The molecule has 3 rings (SSSR count). The summed E-state index contributed by atoms with van der Waals surface area (Å²) in [5.74, 6) is -0.479. The Morgan fingerprint density at radius 1 is 0.923 bits per heavy atom. The molecule has 3 aromatic rings. The smallest absolute Gasteiger partial charge is 0.264 e. The number of aryl methyl sites for hydroxylation is 2. The first kappa shape index (κ1) is 29.7. The standard InChI is InChI=1S/C30H37N3O5S/c1-6-26(30(35)31-7-2)32(20-24-13-9-8-12-23(24)4)29(34)21-33(27-14-10-11-15-28(27)38-5)39(36,37)25-18-16-22(3)17-19-25/h8-19,26H,6-7,20-21H2,1-5H3,(H,31,35)/t26-/m0/s1. The van der Waals surface area contributed by atoms with Gasteiger partial charge in [0.15, 0.2) is 0 Å². The largest absolute Gasteiger partial charge is 0.495 e. The van der Waals surface area contributed by atoms with Crippen molar-refractivity contribution in [3.63, 3.8) is 0 Å². The quantitative estimate of drug-likeness (QED) is 0.359. The Hall–Kier alpha value is -3.85. The Kier molecular flexibility index (Phi) is 10.1. The van der Waals surface area contributed by atoms with Crippen molar-refractivity contribution in [2.45, 2.75) is 51.6 Å². The van der Waals surface area contributed by atoms with E-state index in [4.69, 9.17) is 4.74 Å². The predicted octanol–water partition coefficient (Wildman–Crippen LogP) is 4.45. The third kappa shape index (κ3) is 6.97. The summed E-state index contributed by atoms with van der Waals surface area (Å²) in [5.41, 5.74) is 2.98. The Balaban J connectivity index is 2.11. The summed E-state index contributed by atoms with van der Waals surface area (Å²) in [4.78, 5) is 28.6. The van der Waals surface area contributed by atoms with E-state index in [0.717, 1.165) is 21.0 Å². The van der Waals surface area contributed by atoms with Crippen LogP contribution in [0.25, 0.3) is 0 Å². The number of anilines is 1. The minimum absolute atomic E-state index is 0.0491. The van der Waals surface area contributed by atoms with Gasteiger partial charge in [0.05, 0.1) is 17.7 Å². The molecule has 1 atom stereocenters. The Morgan fingerprint density at radius 3 is 2.18 bits per heavy atom. The number of likely N-dealkylation sites (N-methyl/N-ethyl adjacent to an activating group) is 1. The van der Waals surface area contributed by atoms with Gasteiger partial charge in [0.2, 0.25) is 11.8 Å². The number of benzene rings is 3. The third-order valence-electron chi connectivity index (χ3n) is 6.58. The molecule has 0 aliphatic carbocycles. The maximum Gasteiger partial charge on any atom is 0.264 e. The molecular weight excluding hydrogens is 514 g/mol. The molecule has 0 fully saturated rings. The van der Waals surface area contributed by atoms with Gasteiger partial charge in [0.1, 0.15) is 18.3 Å². The molecular formula is C30H37N3O5S. The van der Waals surface area contributed by atoms with Crippen LogP contribution >= 0.6 is 0 Å². The van der Waals surface area contributed by atoms with Crippen molar-refractivity contribution in [3.8, 4) is 5.75 Å². The van der Waals surface area contributed by atoms with E-state index in [1.54, 1.807) is 36.4 Å². The molecule has 0 saturated carbocycles. The number of ether oxygens (including phenoxy) is 1. The van der Waals surface area contributed by atoms with Gasteiger partial charge in [-0.1, -0.05) is 61.0 Å². The normalized spacial score (nSPS) is 11.9. The zero-order valence-corrected chi connectivity index (χ0v) is 24.0. The van der Waals surface area contributed by atoms with Crippen LogP contribution in [-0.2, 0) is 26.2 Å². The molecule has 3 aromatic carbocycles. The average molecular weight is 552 g/mol. The number of hydrogen-bond donors (Lipinski definition) is 1. The lowest BCUT2D eigenvalue weighted by Gasteiger charge is -2.33. The number of rotatable bonds is 12. The molecule has 0 heterocycles. The first-order valence-corrected chi connectivity index (χ1v) is 14.4. The van der Waals surface area contributed by atoms with Crippen molar-refractivity contribution in [3.05, 3.63) is 89.5 Å². The summed E-state index contributed by atoms with van der Waals surface area (Å²) < 4.78 is 34.5. The number of nitrogens with zero attached hydrogens (tertiary/aromatic N) is 2. The van der Waals surface area contributed by atoms with Crippen molar-refractivity contribution in [1.29, 1.82) is 0 Å². The first-order valence-electron chi connectivity index (χ1n) is 13.0. The van der Waals surface area contributed by atoms with E-state index in [2.05, 4.69) is 5.32 Å². The van der Waals surface area contributed by atoms with E-state index in [0.29, 0.717) is 18.7 Å². The number of sulfonamides is 1. The highest BCUT2D eigenvalue weighted by Gasteiger charge is 2.34. The third-order valence-corrected chi connectivity index (χ3v) is 8.35. The lowest BCUT2D eigenvalue weighted by Crippen LogP contribution is -2.52. The van der Waals surface area contributed by atoms with Gasteiger partial charge in [0, 0.05) is 13.1 Å². The first-order chi connectivity index (χ1) is 18.6. The number of amides is 2. The summed E-state index contributed by atoms with van der Waals surface area (Å²) in [6.45, 7) is 7.51. The second-order valence-corrected chi connectivity index (χ2v) is 11.1. The van der Waals surface area contributed by atoms with E-state index in [9.17, 15) is 18.0 Å². The molecule has 1 N–H and O–H groups in total. The van der Waals surface area contributed by atoms with Crippen LogP contribution in [0, 0.1) is 13.8 Å². The van der Waals surface area contributed by atoms with E-state index >= 15 is 0 Å². The van der Waals surface area contributed by atoms with Crippen LogP contribution < -0.4 is 14.4 Å². The summed E-state index contributed by atoms with van der Waals surface area (Å²) in [6, 6.07) is 20.0. The van der Waals surface area contributed by atoms with E-state index in [-0.39, 0.29) is 23.0 Å². The zero-order valence-electron chi connectivity index (χ0n) is 23.2. The maximum absolute atomic E-state index is 14.1. The molecule has 0 aliphatic rings. The van der Waals surface area contributed by atoms with Gasteiger partial charge in [-0.2, -0.15) is 0 Å². The van der Waals surface area contributed by atoms with E-state index in [1.807, 2.05) is 52.0 Å². The second kappa shape index (κ2) is 13.3. The van der Waals surface area contributed by atoms with Crippen LogP contribution in [0.1, 0.15) is 37.0 Å². The molecule has 0 spiro atoms. The Morgan fingerprint density at radius 2 is 1.56 bits per heavy atom. The van der Waals surface area contributed by atoms with Crippen LogP contribution in [0.3, 0.4) is 0 Å². The fourth-order valence-corrected chi connectivity index (χ4v) is 5.79. The maximum atomic E-state index is 14.1. The topological polar surface area (TPSA) is 96.0 Å². The van der Waals surface area contributed by atoms with Crippen LogP contribution in [0.4, 0.5) is 5.69 Å². The van der Waals surface area contributed by atoms with Gasteiger partial charge in [-0.05, 0) is 62.6 Å². The molecule has 2 amide bonds. The molecule has 8 nitrogen and oxygen atoms in total. The zero-order chi connectivity index (χ0) is 28.6. The highest BCUT2D eigenvalue weighted by molar-refractivity contribution is 7.92. The number of hydrogen-bond acceptors (Lipinski definition) is 5. The van der Waals surface area contributed by atoms with Crippen LogP contribution in [0.15, 0.2) is 77.7 Å². The Bertz CT molecular complexity index is 1390. The summed E-state index contributed by atoms with van der Waals surface area (Å²) >= 11 is 0. The van der Waals surface area contributed by atoms with Crippen LogP contribution in [0.2, 0.25) is 0 Å². The lowest BCUT2D eigenvalue weighted by atomic mass is 10.1. The van der Waals surface area contributed by atoms with Gasteiger partial charge < -0.3 is 15.0 Å². The number of para-hydroxylation sites is 2. The SMILES string of the molecule is CCNC(=O)[C@H](CC)N(Cc1ccccc1C)C(=O)CN(c1ccccc1OC)S(=O)(=O)c1ccc(C)cc1. The molecule has 0 unspecified atom stereocenters. The molecule has 0 radical (unpaired) electrons. The molecule has 39 heavy (non-hydrogen) atoms. The van der Waals surface area contributed by atoms with Crippen LogP contribution in [-0.4, -0.2) is 51.4 Å². The average Bonchev–Trinajstić information content (AvgIpc) is 2.92. The molecule has 0 bridgehead atoms. The number of nitrogens with one attached hydrogen (secondary N) is 1. The predicted molar refractivity (Wildman–Crippen MR) is 153 cm³/mol. The van der Waals surface area contributed by atoms with E-state index in [1.165, 1.54) is 24.1 Å². The number of carbonyl (C=O) groups is 2. The minimum Gasteiger partial charge on any atom is -0.495 e. The second-order valence-electron chi connectivity index (χ2n) is 9.26. The highest BCUT2D eigenvalue weighted by atomic mass is 32.2. The van der Waals surface area contributed by atoms with Crippen molar-refractivity contribution in [2.75, 3.05) is 24.5 Å². The van der Waals surface area contributed by atoms with Gasteiger partial charge in [-0.15, -0.1) is 0 Å². The van der Waals surface area contributed by atoms with Crippen molar-refractivity contribution < 1.29 is 22.7 Å². The highest BCUT2D eigenvalue weighted by Crippen LogP contribution is 2.32. The summed E-state index contributed by atoms with van der Waals surface area (Å²) in [6.07, 6.45) is 0.364. The van der Waals surface area contributed by atoms with E-state index < -0.39 is 28.5 Å². The van der Waals surface area contributed by atoms with Gasteiger partial charge in [0.25, 0.3) is 10.0 Å². The monoisotopic (exact) mass is 551 g/mol.